The lowest BCUT2D eigenvalue weighted by Crippen LogP contribution is -2.43. The lowest BCUT2D eigenvalue weighted by molar-refractivity contribution is -0.144. The molecule has 0 aromatic rings. The molecule has 0 aliphatic heterocycles. The van der Waals surface area contributed by atoms with Gasteiger partial charge in [-0.2, -0.15) is 0 Å². The Hall–Kier alpha value is -0.570. The first kappa shape index (κ1) is 10.5. The van der Waals surface area contributed by atoms with Crippen LogP contribution in [-0.2, 0) is 9.53 Å². The van der Waals surface area contributed by atoms with Gasteiger partial charge in [0.1, 0.15) is 0 Å². The number of carbonyl (C=O) groups is 1. The number of hydrogen-bond donors (Lipinski definition) is 1. The summed E-state index contributed by atoms with van der Waals surface area (Å²) in [4.78, 5) is 11.2. The second kappa shape index (κ2) is 4.61. The van der Waals surface area contributed by atoms with Gasteiger partial charge < -0.3 is 10.5 Å². The molecule has 1 rings (SSSR count). The molecule has 2 N–H and O–H groups in total. The van der Waals surface area contributed by atoms with Crippen molar-refractivity contribution in [3.8, 4) is 0 Å². The Balaban J connectivity index is 2.36. The highest BCUT2D eigenvalue weighted by Gasteiger charge is 2.30. The molecule has 3 nitrogen and oxygen atoms in total. The van der Waals surface area contributed by atoms with Crippen molar-refractivity contribution in [1.82, 2.24) is 0 Å². The topological polar surface area (TPSA) is 52.3 Å². The molecule has 13 heavy (non-hydrogen) atoms. The van der Waals surface area contributed by atoms with Crippen LogP contribution in [0.5, 0.6) is 0 Å². The smallest absolute Gasteiger partial charge is 0.307 e. The van der Waals surface area contributed by atoms with Crippen molar-refractivity contribution in [3.63, 3.8) is 0 Å². The summed E-state index contributed by atoms with van der Waals surface area (Å²) >= 11 is 0. The van der Waals surface area contributed by atoms with Crippen LogP contribution in [0.4, 0.5) is 0 Å². The van der Waals surface area contributed by atoms with Crippen LogP contribution in [-0.4, -0.2) is 18.1 Å². The van der Waals surface area contributed by atoms with E-state index >= 15 is 0 Å². The maximum absolute atomic E-state index is 11.2. The summed E-state index contributed by atoms with van der Waals surface area (Å²) < 4.78 is 4.89. The third-order valence-corrected chi connectivity index (χ3v) is 2.65. The fraction of sp³-hybridized carbons (Fsp3) is 0.900. The van der Waals surface area contributed by atoms with Gasteiger partial charge in [-0.3, -0.25) is 4.79 Å². The van der Waals surface area contributed by atoms with E-state index in [0.717, 1.165) is 25.7 Å². The summed E-state index contributed by atoms with van der Waals surface area (Å²) in [6.07, 6.45) is 5.87. The molecule has 0 aromatic carbocycles. The monoisotopic (exact) mass is 185 g/mol. The first-order chi connectivity index (χ1) is 6.16. The van der Waals surface area contributed by atoms with Crippen LogP contribution >= 0.6 is 0 Å². The van der Waals surface area contributed by atoms with Crippen LogP contribution in [0.25, 0.3) is 0 Å². The SMILES string of the molecule is CCOC(=O)CC1(N)CCCCC1. The first-order valence-corrected chi connectivity index (χ1v) is 5.11. The molecular formula is C10H19NO2. The highest BCUT2D eigenvalue weighted by Crippen LogP contribution is 2.28. The van der Waals surface area contributed by atoms with E-state index in [2.05, 4.69) is 0 Å². The van der Waals surface area contributed by atoms with Crippen LogP contribution in [0.1, 0.15) is 45.4 Å². The van der Waals surface area contributed by atoms with Crippen molar-refractivity contribution in [2.45, 2.75) is 51.0 Å². The Bertz CT molecular complexity index is 174. The van der Waals surface area contributed by atoms with Gasteiger partial charge in [-0.25, -0.2) is 0 Å². The zero-order valence-corrected chi connectivity index (χ0v) is 8.34. The molecule has 0 aromatic heterocycles. The molecule has 1 saturated carbocycles. The van der Waals surface area contributed by atoms with Crippen LogP contribution < -0.4 is 5.73 Å². The number of rotatable bonds is 3. The molecule has 0 unspecified atom stereocenters. The van der Waals surface area contributed by atoms with E-state index < -0.39 is 0 Å². The number of esters is 1. The zero-order valence-electron chi connectivity index (χ0n) is 8.34. The Morgan fingerprint density at radius 2 is 2.00 bits per heavy atom. The molecule has 3 heteroatoms. The van der Waals surface area contributed by atoms with E-state index in [1.165, 1.54) is 6.42 Å². The summed E-state index contributed by atoms with van der Waals surface area (Å²) in [5.41, 5.74) is 5.82. The highest BCUT2D eigenvalue weighted by atomic mass is 16.5. The van der Waals surface area contributed by atoms with Crippen LogP contribution in [0.15, 0.2) is 0 Å². The lowest BCUT2D eigenvalue weighted by atomic mass is 9.80. The van der Waals surface area contributed by atoms with E-state index in [0.29, 0.717) is 13.0 Å². The number of carbonyl (C=O) groups excluding carboxylic acids is 1. The number of hydrogen-bond acceptors (Lipinski definition) is 3. The molecule has 0 atom stereocenters. The van der Waals surface area contributed by atoms with Gasteiger partial charge in [0.15, 0.2) is 0 Å². The summed E-state index contributed by atoms with van der Waals surface area (Å²) in [6.45, 7) is 2.27. The normalized spacial score (nSPS) is 21.1. The number of nitrogens with two attached hydrogens (primary N) is 1. The van der Waals surface area contributed by atoms with Gasteiger partial charge in [0.2, 0.25) is 0 Å². The van der Waals surface area contributed by atoms with E-state index in [9.17, 15) is 4.79 Å². The van der Waals surface area contributed by atoms with Crippen molar-refractivity contribution in [2.24, 2.45) is 5.73 Å². The Morgan fingerprint density at radius 1 is 1.38 bits per heavy atom. The first-order valence-electron chi connectivity index (χ1n) is 5.11. The van der Waals surface area contributed by atoms with Gasteiger partial charge in [0.05, 0.1) is 13.0 Å². The van der Waals surface area contributed by atoms with E-state index in [1.807, 2.05) is 6.92 Å². The summed E-state index contributed by atoms with van der Waals surface area (Å²) in [5, 5.41) is 0. The largest absolute Gasteiger partial charge is 0.466 e. The summed E-state index contributed by atoms with van der Waals surface area (Å²) in [5.74, 6) is -0.146. The highest BCUT2D eigenvalue weighted by molar-refractivity contribution is 5.70. The fourth-order valence-corrected chi connectivity index (χ4v) is 1.93. The molecule has 0 radical (unpaired) electrons. The van der Waals surface area contributed by atoms with Crippen LogP contribution in [0, 0.1) is 0 Å². The average molecular weight is 185 g/mol. The summed E-state index contributed by atoms with van der Waals surface area (Å²) in [6, 6.07) is 0. The van der Waals surface area contributed by atoms with Crippen LogP contribution in [0.3, 0.4) is 0 Å². The van der Waals surface area contributed by atoms with Gasteiger partial charge in [-0.15, -0.1) is 0 Å². The maximum atomic E-state index is 11.2. The molecule has 1 aliphatic rings. The fourth-order valence-electron chi connectivity index (χ4n) is 1.93. The van der Waals surface area contributed by atoms with Crippen molar-refractivity contribution in [1.29, 1.82) is 0 Å². The second-order valence-corrected chi connectivity index (χ2v) is 3.90. The van der Waals surface area contributed by atoms with Crippen LogP contribution in [0.2, 0.25) is 0 Å². The van der Waals surface area contributed by atoms with Gasteiger partial charge in [0.25, 0.3) is 0 Å². The number of ether oxygens (including phenoxy) is 1. The predicted octanol–water partition coefficient (Wildman–Crippen LogP) is 1.60. The second-order valence-electron chi connectivity index (χ2n) is 3.90. The molecule has 76 valence electrons. The Morgan fingerprint density at radius 3 is 2.54 bits per heavy atom. The molecule has 0 amide bonds. The molecule has 1 fully saturated rings. The van der Waals surface area contributed by atoms with Crippen molar-refractivity contribution < 1.29 is 9.53 Å². The predicted molar refractivity (Wildman–Crippen MR) is 51.3 cm³/mol. The van der Waals surface area contributed by atoms with E-state index in [4.69, 9.17) is 10.5 Å². The Kier molecular flexibility index (Phi) is 3.72. The van der Waals surface area contributed by atoms with Crippen molar-refractivity contribution in [2.75, 3.05) is 6.61 Å². The minimum absolute atomic E-state index is 0.146. The minimum Gasteiger partial charge on any atom is -0.466 e. The molecular weight excluding hydrogens is 166 g/mol. The van der Waals surface area contributed by atoms with E-state index in [1.54, 1.807) is 0 Å². The average Bonchev–Trinajstić information content (AvgIpc) is 2.04. The third-order valence-electron chi connectivity index (χ3n) is 2.65. The zero-order chi connectivity index (χ0) is 9.73. The van der Waals surface area contributed by atoms with Gasteiger partial charge >= 0.3 is 5.97 Å². The van der Waals surface area contributed by atoms with Gasteiger partial charge in [-0.1, -0.05) is 19.3 Å². The summed E-state index contributed by atoms with van der Waals surface area (Å²) in [7, 11) is 0. The standard InChI is InChI=1S/C10H19NO2/c1-2-13-9(12)8-10(11)6-4-3-5-7-10/h2-8,11H2,1H3. The minimum atomic E-state index is -0.273. The molecule has 0 bridgehead atoms. The Labute approximate surface area is 79.6 Å². The third kappa shape index (κ3) is 3.35. The lowest BCUT2D eigenvalue weighted by Gasteiger charge is -2.32. The molecule has 1 aliphatic carbocycles. The van der Waals surface area contributed by atoms with Gasteiger partial charge in [-0.05, 0) is 19.8 Å². The van der Waals surface area contributed by atoms with Crippen molar-refractivity contribution >= 4 is 5.97 Å². The van der Waals surface area contributed by atoms with E-state index in [-0.39, 0.29) is 11.5 Å². The maximum Gasteiger partial charge on any atom is 0.307 e. The molecule has 0 saturated heterocycles. The molecule has 0 spiro atoms. The molecule has 0 heterocycles. The van der Waals surface area contributed by atoms with Gasteiger partial charge in [0, 0.05) is 5.54 Å². The quantitative estimate of drug-likeness (QED) is 0.679. The van der Waals surface area contributed by atoms with Crippen molar-refractivity contribution in [3.05, 3.63) is 0 Å².